The van der Waals surface area contributed by atoms with Gasteiger partial charge in [-0.2, -0.15) is 0 Å². The summed E-state index contributed by atoms with van der Waals surface area (Å²) in [5, 5.41) is 15.5. The van der Waals surface area contributed by atoms with Gasteiger partial charge in [0.05, 0.1) is 6.04 Å². The van der Waals surface area contributed by atoms with Crippen LogP contribution < -0.4 is 21.9 Å². The fourth-order valence-electron chi connectivity index (χ4n) is 3.71. The number of carbonyl (C=O) groups is 2. The zero-order valence-electron chi connectivity index (χ0n) is 16.4. The quantitative estimate of drug-likeness (QED) is 0.437. The fourth-order valence-corrected chi connectivity index (χ4v) is 3.71. The zero-order valence-corrected chi connectivity index (χ0v) is 16.4. The maximum Gasteiger partial charge on any atom is 0.326 e. The predicted octanol–water partition coefficient (Wildman–Crippen LogP) is 1.83. The molecule has 1 aliphatic carbocycles. The molecule has 0 saturated carbocycles. The largest absolute Gasteiger partial charge is 0.501 e. The van der Waals surface area contributed by atoms with E-state index in [4.69, 9.17) is 0 Å². The highest BCUT2D eigenvalue weighted by molar-refractivity contribution is 6.04. The molecular weight excluding hydrogens is 400 g/mol. The van der Waals surface area contributed by atoms with Gasteiger partial charge in [-0.25, -0.2) is 4.79 Å². The molecule has 1 aliphatic rings. The van der Waals surface area contributed by atoms with Gasteiger partial charge in [0.2, 0.25) is 5.75 Å². The van der Waals surface area contributed by atoms with Gasteiger partial charge in [0, 0.05) is 11.3 Å². The predicted molar refractivity (Wildman–Crippen MR) is 113 cm³/mol. The summed E-state index contributed by atoms with van der Waals surface area (Å²) >= 11 is 0. The highest BCUT2D eigenvalue weighted by atomic mass is 16.3. The lowest BCUT2D eigenvalue weighted by Crippen LogP contribution is -2.35. The van der Waals surface area contributed by atoms with Gasteiger partial charge < -0.3 is 15.7 Å². The first-order valence-corrected chi connectivity index (χ1v) is 9.78. The van der Waals surface area contributed by atoms with E-state index in [1.165, 1.54) is 0 Å². The van der Waals surface area contributed by atoms with Gasteiger partial charge in [0.25, 0.3) is 17.4 Å². The molecule has 3 aromatic rings. The summed E-state index contributed by atoms with van der Waals surface area (Å²) < 4.78 is 0. The molecule has 2 aromatic carbocycles. The average Bonchev–Trinajstić information content (AvgIpc) is 2.76. The van der Waals surface area contributed by atoms with E-state index in [0.717, 1.165) is 24.0 Å². The monoisotopic (exact) mass is 420 g/mol. The molecule has 1 atom stereocenters. The van der Waals surface area contributed by atoms with Crippen molar-refractivity contribution in [3.05, 3.63) is 91.8 Å². The molecule has 4 rings (SSSR count). The molecule has 0 fully saturated rings. The van der Waals surface area contributed by atoms with Gasteiger partial charge >= 0.3 is 5.69 Å². The normalized spacial score (nSPS) is 15.0. The summed E-state index contributed by atoms with van der Waals surface area (Å²) in [6.07, 6.45) is 2.23. The number of aromatic amines is 2. The highest BCUT2D eigenvalue weighted by Crippen LogP contribution is 2.32. The van der Waals surface area contributed by atoms with Crippen molar-refractivity contribution in [2.45, 2.75) is 25.3 Å². The maximum atomic E-state index is 12.6. The van der Waals surface area contributed by atoms with Gasteiger partial charge in [-0.05, 0) is 54.7 Å². The lowest BCUT2D eigenvalue weighted by atomic mass is 9.87. The van der Waals surface area contributed by atoms with Crippen molar-refractivity contribution in [2.75, 3.05) is 5.32 Å². The number of hydrogen-bond acceptors (Lipinski definition) is 5. The first-order valence-electron chi connectivity index (χ1n) is 9.78. The summed E-state index contributed by atoms with van der Waals surface area (Å²) in [4.78, 5) is 52.0. The van der Waals surface area contributed by atoms with E-state index >= 15 is 0 Å². The van der Waals surface area contributed by atoms with Crippen molar-refractivity contribution in [2.24, 2.45) is 0 Å². The Kier molecular flexibility index (Phi) is 5.40. The molecular formula is C22H20N4O5. The van der Waals surface area contributed by atoms with Crippen molar-refractivity contribution >= 4 is 17.5 Å². The van der Waals surface area contributed by atoms with Crippen LogP contribution in [0.4, 0.5) is 5.69 Å². The molecule has 9 nitrogen and oxygen atoms in total. The third kappa shape index (κ3) is 4.25. The Balaban J connectivity index is 1.54. The van der Waals surface area contributed by atoms with E-state index in [1.807, 2.05) is 23.2 Å². The van der Waals surface area contributed by atoms with E-state index in [0.29, 0.717) is 17.7 Å². The van der Waals surface area contributed by atoms with Crippen LogP contribution in [0.1, 0.15) is 50.9 Å². The molecule has 158 valence electrons. The first-order chi connectivity index (χ1) is 14.9. The van der Waals surface area contributed by atoms with E-state index in [9.17, 15) is 24.3 Å². The Hall–Kier alpha value is -4.14. The molecule has 0 bridgehead atoms. The van der Waals surface area contributed by atoms with Crippen LogP contribution in [0.15, 0.2) is 58.1 Å². The molecule has 0 radical (unpaired) electrons. The average molecular weight is 420 g/mol. The summed E-state index contributed by atoms with van der Waals surface area (Å²) in [7, 11) is 0. The number of H-pyrrole nitrogens is 2. The minimum atomic E-state index is -1.03. The van der Waals surface area contributed by atoms with E-state index < -0.39 is 28.6 Å². The number of amides is 2. The van der Waals surface area contributed by atoms with Crippen molar-refractivity contribution < 1.29 is 14.7 Å². The number of hydrogen-bond donors (Lipinski definition) is 5. The lowest BCUT2D eigenvalue weighted by molar-refractivity contribution is 0.0923. The summed E-state index contributed by atoms with van der Waals surface area (Å²) in [6, 6.07) is 14.0. The Labute approximate surface area is 176 Å². The van der Waals surface area contributed by atoms with Crippen LogP contribution in [0.25, 0.3) is 0 Å². The van der Waals surface area contributed by atoms with E-state index in [1.54, 1.807) is 30.3 Å². The molecule has 1 unspecified atom stereocenters. The second-order valence-electron chi connectivity index (χ2n) is 7.28. The third-order valence-electron chi connectivity index (χ3n) is 5.20. The number of rotatable bonds is 4. The van der Waals surface area contributed by atoms with Crippen molar-refractivity contribution in [3.8, 4) is 5.75 Å². The van der Waals surface area contributed by atoms with Gasteiger partial charge in [-0.15, -0.1) is 0 Å². The fraction of sp³-hybridized carbons (Fsp3) is 0.182. The van der Waals surface area contributed by atoms with Gasteiger partial charge in [0.1, 0.15) is 0 Å². The minimum Gasteiger partial charge on any atom is -0.501 e. The van der Waals surface area contributed by atoms with Crippen LogP contribution in [-0.4, -0.2) is 26.9 Å². The van der Waals surface area contributed by atoms with Gasteiger partial charge in [-0.3, -0.25) is 24.4 Å². The minimum absolute atomic E-state index is 0.213. The molecule has 0 spiro atoms. The topological polar surface area (TPSA) is 144 Å². The van der Waals surface area contributed by atoms with Crippen LogP contribution >= 0.6 is 0 Å². The highest BCUT2D eigenvalue weighted by Gasteiger charge is 2.25. The van der Waals surface area contributed by atoms with E-state index in [2.05, 4.69) is 15.6 Å². The summed E-state index contributed by atoms with van der Waals surface area (Å²) in [5.41, 5.74) is 0.670. The lowest BCUT2D eigenvalue weighted by Gasteiger charge is -2.27. The first kappa shape index (κ1) is 20.1. The Bertz CT molecular complexity index is 1260. The summed E-state index contributed by atoms with van der Waals surface area (Å²) in [6.45, 7) is 0. The van der Waals surface area contributed by atoms with Crippen molar-refractivity contribution in [1.82, 2.24) is 15.3 Å². The number of anilines is 1. The van der Waals surface area contributed by atoms with Crippen LogP contribution in [-0.2, 0) is 6.42 Å². The van der Waals surface area contributed by atoms with E-state index in [-0.39, 0.29) is 11.9 Å². The Morgan fingerprint density at radius 2 is 1.77 bits per heavy atom. The Morgan fingerprint density at radius 1 is 1.00 bits per heavy atom. The molecule has 1 heterocycles. The van der Waals surface area contributed by atoms with Crippen LogP contribution in [0.2, 0.25) is 0 Å². The van der Waals surface area contributed by atoms with Crippen LogP contribution in [0.3, 0.4) is 0 Å². The molecule has 9 heteroatoms. The van der Waals surface area contributed by atoms with Crippen molar-refractivity contribution in [3.63, 3.8) is 0 Å². The van der Waals surface area contributed by atoms with Crippen LogP contribution in [0, 0.1) is 0 Å². The number of fused-ring (bicyclic) bond motifs is 1. The third-order valence-corrected chi connectivity index (χ3v) is 5.20. The van der Waals surface area contributed by atoms with Gasteiger partial charge in [0.15, 0.2) is 5.69 Å². The molecule has 5 N–H and O–H groups in total. The summed E-state index contributed by atoms with van der Waals surface area (Å²) in [5.74, 6) is -1.80. The Morgan fingerprint density at radius 3 is 2.55 bits per heavy atom. The number of aromatic hydroxyl groups is 1. The number of aryl methyl sites for hydroxylation is 1. The second kappa shape index (κ2) is 8.31. The standard InChI is InChI=1S/C22H20N4O5/c27-18-17(25-22(31)26-21(18)30)20(29)24-16-8-4-7-13-11-14(9-10-15(13)16)23-19(28)12-5-2-1-3-6-12/h1-3,5-6,9-11,16,27H,4,7-8H2,(H,23,28)(H,24,29)(H2,25,26,30,31). The van der Waals surface area contributed by atoms with Crippen molar-refractivity contribution in [1.29, 1.82) is 0 Å². The number of benzene rings is 2. The SMILES string of the molecule is O=C(Nc1ccc2c(c1)CCCC2NC(=O)c1[nH]c(=O)[nH]c(=O)c1O)c1ccccc1. The van der Waals surface area contributed by atoms with Crippen LogP contribution in [0.5, 0.6) is 5.75 Å². The maximum absolute atomic E-state index is 12.6. The zero-order chi connectivity index (χ0) is 22.0. The van der Waals surface area contributed by atoms with Gasteiger partial charge in [-0.1, -0.05) is 24.3 Å². The second-order valence-corrected chi connectivity index (χ2v) is 7.28. The number of carbonyl (C=O) groups excluding carboxylic acids is 2. The molecule has 31 heavy (non-hydrogen) atoms. The molecule has 0 saturated heterocycles. The number of aromatic nitrogens is 2. The smallest absolute Gasteiger partial charge is 0.326 e. The molecule has 0 aliphatic heterocycles. The number of nitrogens with one attached hydrogen (secondary N) is 4. The molecule has 2 amide bonds. The molecule has 1 aromatic heterocycles.